The Morgan fingerprint density at radius 2 is 1.88 bits per heavy atom. The van der Waals surface area contributed by atoms with Gasteiger partial charge < -0.3 is 10.6 Å². The molecule has 0 radical (unpaired) electrons. The van der Waals surface area contributed by atoms with Crippen LogP contribution in [0.3, 0.4) is 0 Å². The van der Waals surface area contributed by atoms with E-state index in [-0.39, 0.29) is 6.03 Å². The van der Waals surface area contributed by atoms with Gasteiger partial charge in [0.05, 0.1) is 0 Å². The number of nitrogens with one attached hydrogen (secondary N) is 2. The number of urea groups is 1. The first-order valence-corrected chi connectivity index (χ1v) is 6.63. The first-order chi connectivity index (χ1) is 8.08. The van der Waals surface area contributed by atoms with Crippen molar-refractivity contribution in [1.82, 2.24) is 10.6 Å². The van der Waals surface area contributed by atoms with Gasteiger partial charge in [-0.1, -0.05) is 41.9 Å². The second-order valence-electron chi connectivity index (χ2n) is 4.41. The molecule has 1 aromatic carbocycles. The zero-order chi connectivity index (χ0) is 12.7. The number of halogens is 1. The van der Waals surface area contributed by atoms with Gasteiger partial charge in [0.1, 0.15) is 0 Å². The molecule has 4 heteroatoms. The Labute approximate surface area is 111 Å². The molecule has 0 unspecified atom stereocenters. The normalized spacial score (nSPS) is 10.4. The lowest BCUT2D eigenvalue weighted by atomic mass is 10.1. The van der Waals surface area contributed by atoms with Crippen LogP contribution in [0.25, 0.3) is 0 Å². The number of amides is 2. The summed E-state index contributed by atoms with van der Waals surface area (Å²) >= 11 is 3.39. The first kappa shape index (κ1) is 14.0. The van der Waals surface area contributed by atoms with E-state index in [1.54, 1.807) is 0 Å². The molecular formula is C13H19BrN2O. The van der Waals surface area contributed by atoms with Crippen molar-refractivity contribution in [2.24, 2.45) is 5.92 Å². The highest BCUT2D eigenvalue weighted by Gasteiger charge is 2.00. The smallest absolute Gasteiger partial charge is 0.314 e. The van der Waals surface area contributed by atoms with Crippen molar-refractivity contribution in [2.75, 3.05) is 13.1 Å². The van der Waals surface area contributed by atoms with Gasteiger partial charge >= 0.3 is 6.03 Å². The summed E-state index contributed by atoms with van der Waals surface area (Å²) in [5.74, 6) is 0.479. The van der Waals surface area contributed by atoms with Gasteiger partial charge in [0.15, 0.2) is 0 Å². The predicted octanol–water partition coefficient (Wildman–Crippen LogP) is 2.95. The Kier molecular flexibility index (Phi) is 6.05. The summed E-state index contributed by atoms with van der Waals surface area (Å²) in [7, 11) is 0. The van der Waals surface area contributed by atoms with Crippen LogP contribution in [0.5, 0.6) is 0 Å². The topological polar surface area (TPSA) is 41.1 Å². The molecule has 0 saturated carbocycles. The highest BCUT2D eigenvalue weighted by Crippen LogP contribution is 2.10. The van der Waals surface area contributed by atoms with Gasteiger partial charge in [-0.15, -0.1) is 0 Å². The average Bonchev–Trinajstić information content (AvgIpc) is 2.29. The summed E-state index contributed by atoms with van der Waals surface area (Å²) in [6, 6.07) is 8.04. The summed E-state index contributed by atoms with van der Waals surface area (Å²) < 4.78 is 1.07. The molecule has 0 aliphatic heterocycles. The Hall–Kier alpha value is -1.03. The molecule has 0 saturated heterocycles. The van der Waals surface area contributed by atoms with Crippen molar-refractivity contribution in [3.63, 3.8) is 0 Å². The molecule has 17 heavy (non-hydrogen) atoms. The molecule has 94 valence electrons. The fourth-order valence-corrected chi connectivity index (χ4v) is 1.60. The predicted molar refractivity (Wildman–Crippen MR) is 74.1 cm³/mol. The lowest BCUT2D eigenvalue weighted by Gasteiger charge is -2.09. The Morgan fingerprint density at radius 1 is 1.24 bits per heavy atom. The Bertz CT molecular complexity index is 349. The zero-order valence-corrected chi connectivity index (χ0v) is 11.9. The second-order valence-corrected chi connectivity index (χ2v) is 5.32. The van der Waals surface area contributed by atoms with Gasteiger partial charge in [-0.3, -0.25) is 0 Å². The third-order valence-corrected chi connectivity index (χ3v) is 2.81. The fourth-order valence-electron chi connectivity index (χ4n) is 1.33. The maximum atomic E-state index is 11.4. The third-order valence-electron chi connectivity index (χ3n) is 2.28. The molecule has 0 spiro atoms. The SMILES string of the molecule is CC(C)CNC(=O)NCCc1ccc(Br)cc1. The standard InChI is InChI=1S/C13H19BrN2O/c1-10(2)9-16-13(17)15-8-7-11-3-5-12(14)6-4-11/h3-6,10H,7-9H2,1-2H3,(H2,15,16,17). The van der Waals surface area contributed by atoms with Crippen molar-refractivity contribution in [2.45, 2.75) is 20.3 Å². The molecule has 0 heterocycles. The van der Waals surface area contributed by atoms with Gasteiger partial charge in [0, 0.05) is 17.6 Å². The van der Waals surface area contributed by atoms with E-state index < -0.39 is 0 Å². The van der Waals surface area contributed by atoms with E-state index in [1.807, 2.05) is 12.1 Å². The summed E-state index contributed by atoms with van der Waals surface area (Å²) in [4.78, 5) is 11.4. The van der Waals surface area contributed by atoms with Crippen LogP contribution in [0, 0.1) is 5.92 Å². The third kappa shape index (κ3) is 6.31. The van der Waals surface area contributed by atoms with Crippen molar-refractivity contribution in [3.05, 3.63) is 34.3 Å². The molecular weight excluding hydrogens is 280 g/mol. The highest BCUT2D eigenvalue weighted by molar-refractivity contribution is 9.10. The first-order valence-electron chi connectivity index (χ1n) is 5.84. The molecule has 0 bridgehead atoms. The second kappa shape index (κ2) is 7.33. The van der Waals surface area contributed by atoms with Crippen LogP contribution >= 0.6 is 15.9 Å². The highest BCUT2D eigenvalue weighted by atomic mass is 79.9. The van der Waals surface area contributed by atoms with Gasteiger partial charge in [-0.2, -0.15) is 0 Å². The molecule has 3 nitrogen and oxygen atoms in total. The van der Waals surface area contributed by atoms with Crippen LogP contribution in [0.4, 0.5) is 4.79 Å². The van der Waals surface area contributed by atoms with Crippen molar-refractivity contribution in [1.29, 1.82) is 0 Å². The number of carbonyl (C=O) groups excluding carboxylic acids is 1. The number of rotatable bonds is 5. The summed E-state index contributed by atoms with van der Waals surface area (Å²) in [6.07, 6.45) is 0.850. The molecule has 0 fully saturated rings. The molecule has 0 atom stereocenters. The molecule has 2 N–H and O–H groups in total. The van der Waals surface area contributed by atoms with Crippen LogP contribution < -0.4 is 10.6 Å². The maximum Gasteiger partial charge on any atom is 0.314 e. The zero-order valence-electron chi connectivity index (χ0n) is 10.3. The van der Waals surface area contributed by atoms with Crippen molar-refractivity contribution < 1.29 is 4.79 Å². The lowest BCUT2D eigenvalue weighted by molar-refractivity contribution is 0.239. The van der Waals surface area contributed by atoms with E-state index in [2.05, 4.69) is 52.5 Å². The van der Waals surface area contributed by atoms with Crippen molar-refractivity contribution >= 4 is 22.0 Å². The van der Waals surface area contributed by atoms with E-state index in [1.165, 1.54) is 5.56 Å². The monoisotopic (exact) mass is 298 g/mol. The molecule has 1 rings (SSSR count). The number of carbonyl (C=O) groups is 1. The van der Waals surface area contributed by atoms with Gasteiger partial charge in [0.25, 0.3) is 0 Å². The van der Waals surface area contributed by atoms with Crippen LogP contribution in [0.15, 0.2) is 28.7 Å². The summed E-state index contributed by atoms with van der Waals surface area (Å²) in [5.41, 5.74) is 1.22. The maximum absolute atomic E-state index is 11.4. The number of hydrogen-bond acceptors (Lipinski definition) is 1. The Morgan fingerprint density at radius 3 is 2.47 bits per heavy atom. The number of hydrogen-bond donors (Lipinski definition) is 2. The minimum absolute atomic E-state index is 0.0872. The largest absolute Gasteiger partial charge is 0.338 e. The van der Waals surface area contributed by atoms with Crippen molar-refractivity contribution in [3.8, 4) is 0 Å². The quantitative estimate of drug-likeness (QED) is 0.862. The molecule has 0 aromatic heterocycles. The van der Waals surface area contributed by atoms with Crippen LogP contribution in [-0.4, -0.2) is 19.1 Å². The fraction of sp³-hybridized carbons (Fsp3) is 0.462. The van der Waals surface area contributed by atoms with Crippen LogP contribution in [0.1, 0.15) is 19.4 Å². The Balaban J connectivity index is 2.19. The lowest BCUT2D eigenvalue weighted by Crippen LogP contribution is -2.38. The molecule has 0 aliphatic carbocycles. The van der Waals surface area contributed by atoms with Gasteiger partial charge in [0.2, 0.25) is 0 Å². The van der Waals surface area contributed by atoms with Gasteiger partial charge in [-0.05, 0) is 30.0 Å². The molecule has 0 aliphatic rings. The average molecular weight is 299 g/mol. The minimum Gasteiger partial charge on any atom is -0.338 e. The van der Waals surface area contributed by atoms with E-state index in [0.29, 0.717) is 19.0 Å². The minimum atomic E-state index is -0.0872. The molecule has 1 aromatic rings. The number of benzene rings is 1. The van der Waals surface area contributed by atoms with E-state index in [9.17, 15) is 4.79 Å². The van der Waals surface area contributed by atoms with Crippen LogP contribution in [-0.2, 0) is 6.42 Å². The van der Waals surface area contributed by atoms with E-state index in [0.717, 1.165) is 10.9 Å². The van der Waals surface area contributed by atoms with Gasteiger partial charge in [-0.25, -0.2) is 4.79 Å². The summed E-state index contributed by atoms with van der Waals surface area (Å²) in [6.45, 7) is 5.51. The summed E-state index contributed by atoms with van der Waals surface area (Å²) in [5, 5.41) is 5.66. The van der Waals surface area contributed by atoms with E-state index >= 15 is 0 Å². The molecule has 2 amide bonds. The van der Waals surface area contributed by atoms with Crippen LogP contribution in [0.2, 0.25) is 0 Å². The van der Waals surface area contributed by atoms with E-state index in [4.69, 9.17) is 0 Å².